The Morgan fingerprint density at radius 2 is 1.87 bits per heavy atom. The molecule has 30 heavy (non-hydrogen) atoms. The van der Waals surface area contributed by atoms with Gasteiger partial charge in [-0.25, -0.2) is 0 Å². The highest BCUT2D eigenvalue weighted by Crippen LogP contribution is 2.37. The van der Waals surface area contributed by atoms with Crippen LogP contribution in [0, 0.1) is 6.92 Å². The second-order valence-corrected chi connectivity index (χ2v) is 7.78. The third kappa shape index (κ3) is 4.02. The summed E-state index contributed by atoms with van der Waals surface area (Å²) in [6.45, 7) is 2.48. The number of anilines is 1. The molecular weight excluding hydrogens is 400 g/mol. The lowest BCUT2D eigenvalue weighted by atomic mass is 9.98. The number of rotatable bonds is 5. The van der Waals surface area contributed by atoms with Gasteiger partial charge in [0.25, 0.3) is 0 Å². The zero-order valence-corrected chi connectivity index (χ0v) is 17.2. The Morgan fingerprint density at radius 1 is 1.07 bits per heavy atom. The second kappa shape index (κ2) is 8.20. The minimum absolute atomic E-state index is 0.00191. The number of carbonyl (C=O) groups excluding carboxylic acids is 2. The van der Waals surface area contributed by atoms with Crippen molar-refractivity contribution in [3.63, 3.8) is 0 Å². The largest absolute Gasteiger partial charge is 0.456 e. The van der Waals surface area contributed by atoms with Gasteiger partial charge in [0.2, 0.25) is 11.8 Å². The molecule has 2 amide bonds. The molecule has 5 nitrogen and oxygen atoms in total. The summed E-state index contributed by atoms with van der Waals surface area (Å²) in [5.41, 5.74) is 8.41. The summed E-state index contributed by atoms with van der Waals surface area (Å²) in [4.78, 5) is 25.8. The fourth-order valence-corrected chi connectivity index (χ4v) is 3.81. The van der Waals surface area contributed by atoms with E-state index in [2.05, 4.69) is 0 Å². The fraction of sp³-hybridized carbons (Fsp3) is 0.167. The Morgan fingerprint density at radius 3 is 2.63 bits per heavy atom. The summed E-state index contributed by atoms with van der Waals surface area (Å²) in [5.74, 6) is 0.772. The first kappa shape index (κ1) is 20.0. The first-order valence-electron chi connectivity index (χ1n) is 9.65. The Bertz CT molecular complexity index is 1130. The first-order chi connectivity index (χ1) is 14.4. The molecule has 0 aromatic heterocycles. The molecule has 1 heterocycles. The van der Waals surface area contributed by atoms with Gasteiger partial charge in [0.1, 0.15) is 11.5 Å². The molecule has 1 saturated heterocycles. The molecule has 1 aliphatic heterocycles. The molecule has 3 aromatic rings. The van der Waals surface area contributed by atoms with Crippen LogP contribution >= 0.6 is 11.6 Å². The van der Waals surface area contributed by atoms with E-state index < -0.39 is 5.91 Å². The molecule has 0 aliphatic carbocycles. The number of hydrogen-bond donors (Lipinski definition) is 1. The van der Waals surface area contributed by atoms with Gasteiger partial charge in [0, 0.05) is 30.1 Å². The summed E-state index contributed by atoms with van der Waals surface area (Å²) >= 11 is 6.36. The average Bonchev–Trinajstić information content (AvgIpc) is 3.13. The number of hydrogen-bond acceptors (Lipinski definition) is 3. The van der Waals surface area contributed by atoms with Crippen molar-refractivity contribution in [3.05, 3.63) is 88.4 Å². The number of aryl methyl sites for hydroxylation is 1. The summed E-state index contributed by atoms with van der Waals surface area (Å²) in [6, 6.07) is 20.2. The highest BCUT2D eigenvalue weighted by atomic mass is 35.5. The minimum Gasteiger partial charge on any atom is -0.456 e. The van der Waals surface area contributed by atoms with Crippen molar-refractivity contribution in [3.8, 4) is 11.5 Å². The summed E-state index contributed by atoms with van der Waals surface area (Å²) in [6.07, 6.45) is 0.367. The summed E-state index contributed by atoms with van der Waals surface area (Å²) < 4.78 is 6.04. The SMILES string of the molecule is Cc1ccccc1Oc1cc([C@H]2CC(=O)N(c3cccc(C(N)=O)c3)C2)ccc1Cl. The average molecular weight is 421 g/mol. The molecule has 0 unspecified atom stereocenters. The van der Waals surface area contributed by atoms with E-state index in [1.165, 1.54) is 0 Å². The molecule has 1 aliphatic rings. The number of amides is 2. The highest BCUT2D eigenvalue weighted by molar-refractivity contribution is 6.32. The van der Waals surface area contributed by atoms with Crippen LogP contribution in [0.25, 0.3) is 0 Å². The van der Waals surface area contributed by atoms with Gasteiger partial charge in [-0.1, -0.05) is 41.9 Å². The number of nitrogens with two attached hydrogens (primary N) is 1. The van der Waals surface area contributed by atoms with Crippen molar-refractivity contribution in [2.75, 3.05) is 11.4 Å². The van der Waals surface area contributed by atoms with E-state index in [-0.39, 0.29) is 11.8 Å². The van der Waals surface area contributed by atoms with Crippen LogP contribution in [0.3, 0.4) is 0 Å². The van der Waals surface area contributed by atoms with E-state index >= 15 is 0 Å². The molecule has 0 bridgehead atoms. The Balaban J connectivity index is 1.58. The molecule has 1 fully saturated rings. The van der Waals surface area contributed by atoms with E-state index in [1.54, 1.807) is 35.2 Å². The monoisotopic (exact) mass is 420 g/mol. The van der Waals surface area contributed by atoms with Crippen LogP contribution < -0.4 is 15.4 Å². The van der Waals surface area contributed by atoms with Gasteiger partial charge in [0.05, 0.1) is 5.02 Å². The van der Waals surface area contributed by atoms with Crippen molar-refractivity contribution in [2.45, 2.75) is 19.3 Å². The van der Waals surface area contributed by atoms with Crippen molar-refractivity contribution >= 4 is 29.1 Å². The summed E-state index contributed by atoms with van der Waals surface area (Å²) in [5, 5.41) is 0.511. The lowest BCUT2D eigenvalue weighted by molar-refractivity contribution is -0.117. The Hall–Kier alpha value is -3.31. The van der Waals surface area contributed by atoms with E-state index in [4.69, 9.17) is 22.1 Å². The van der Waals surface area contributed by atoms with E-state index in [1.807, 2.05) is 43.3 Å². The maximum atomic E-state index is 12.7. The zero-order valence-electron chi connectivity index (χ0n) is 16.5. The highest BCUT2D eigenvalue weighted by Gasteiger charge is 2.32. The number of ether oxygens (including phenoxy) is 1. The van der Waals surface area contributed by atoms with Gasteiger partial charge in [-0.2, -0.15) is 0 Å². The number of para-hydroxylation sites is 1. The quantitative estimate of drug-likeness (QED) is 0.627. The topological polar surface area (TPSA) is 72.6 Å². The standard InChI is InChI=1S/C24H21ClN2O3/c1-15-5-2-3-8-21(15)30-22-12-16(9-10-20(22)25)18-13-23(28)27(14-18)19-7-4-6-17(11-19)24(26)29/h2-12,18H,13-14H2,1H3,(H2,26,29)/t18-/m0/s1. The van der Waals surface area contributed by atoms with Crippen LogP contribution in [0.4, 0.5) is 5.69 Å². The molecule has 3 aromatic carbocycles. The molecule has 1 atom stereocenters. The van der Waals surface area contributed by atoms with E-state index in [0.717, 1.165) is 16.9 Å². The van der Waals surface area contributed by atoms with Gasteiger partial charge in [-0.3, -0.25) is 9.59 Å². The van der Waals surface area contributed by atoms with Gasteiger partial charge in [-0.05, 0) is 54.4 Å². The van der Waals surface area contributed by atoms with Gasteiger partial charge < -0.3 is 15.4 Å². The van der Waals surface area contributed by atoms with Crippen LogP contribution in [0.5, 0.6) is 11.5 Å². The van der Waals surface area contributed by atoms with Crippen LogP contribution in [0.2, 0.25) is 5.02 Å². The number of halogens is 1. The molecule has 0 radical (unpaired) electrons. The number of benzene rings is 3. The maximum Gasteiger partial charge on any atom is 0.248 e. The Kier molecular flexibility index (Phi) is 5.46. The van der Waals surface area contributed by atoms with Crippen LogP contribution in [0.15, 0.2) is 66.7 Å². The predicted molar refractivity (Wildman–Crippen MR) is 117 cm³/mol. The van der Waals surface area contributed by atoms with Crippen molar-refractivity contribution in [1.82, 2.24) is 0 Å². The number of primary amides is 1. The molecule has 4 rings (SSSR count). The van der Waals surface area contributed by atoms with Crippen LogP contribution in [-0.2, 0) is 4.79 Å². The third-order valence-corrected chi connectivity index (χ3v) is 5.62. The molecule has 2 N–H and O–H groups in total. The summed E-state index contributed by atoms with van der Waals surface area (Å²) in [7, 11) is 0. The first-order valence-corrected chi connectivity index (χ1v) is 10.0. The lowest BCUT2D eigenvalue weighted by Gasteiger charge is -2.18. The second-order valence-electron chi connectivity index (χ2n) is 7.38. The van der Waals surface area contributed by atoms with Crippen LogP contribution in [0.1, 0.15) is 33.8 Å². The molecule has 0 saturated carbocycles. The van der Waals surface area contributed by atoms with E-state index in [0.29, 0.717) is 35.0 Å². The molecule has 6 heteroatoms. The van der Waals surface area contributed by atoms with Gasteiger partial charge in [-0.15, -0.1) is 0 Å². The number of nitrogens with zero attached hydrogens (tertiary/aromatic N) is 1. The molecule has 152 valence electrons. The zero-order chi connectivity index (χ0) is 21.3. The smallest absolute Gasteiger partial charge is 0.248 e. The third-order valence-electron chi connectivity index (χ3n) is 5.31. The van der Waals surface area contributed by atoms with Gasteiger partial charge in [0.15, 0.2) is 0 Å². The fourth-order valence-electron chi connectivity index (χ4n) is 3.65. The van der Waals surface area contributed by atoms with Crippen LogP contribution in [-0.4, -0.2) is 18.4 Å². The predicted octanol–water partition coefficient (Wildman–Crippen LogP) is 5.06. The van der Waals surface area contributed by atoms with Crippen molar-refractivity contribution in [1.29, 1.82) is 0 Å². The van der Waals surface area contributed by atoms with Crippen molar-refractivity contribution < 1.29 is 14.3 Å². The minimum atomic E-state index is -0.518. The lowest BCUT2D eigenvalue weighted by Crippen LogP contribution is -2.24. The number of carbonyl (C=O) groups is 2. The maximum absolute atomic E-state index is 12.7. The molecule has 0 spiro atoms. The van der Waals surface area contributed by atoms with Crippen molar-refractivity contribution in [2.24, 2.45) is 5.73 Å². The van der Waals surface area contributed by atoms with E-state index in [9.17, 15) is 9.59 Å². The normalized spacial score (nSPS) is 16.0. The van der Waals surface area contributed by atoms with Gasteiger partial charge >= 0.3 is 0 Å². The molecular formula is C24H21ClN2O3. The Labute approximate surface area is 180 Å².